The summed E-state index contributed by atoms with van der Waals surface area (Å²) in [6, 6.07) is 1.84. The molecule has 5 heteroatoms. The van der Waals surface area contributed by atoms with E-state index in [0.29, 0.717) is 6.54 Å². The number of rotatable bonds is 3. The molecule has 2 aromatic heterocycles. The first kappa shape index (κ1) is 9.21. The minimum Gasteiger partial charge on any atom is -0.364 e. The fourth-order valence-corrected chi connectivity index (χ4v) is 1.62. The molecule has 0 spiro atoms. The predicted octanol–water partition coefficient (Wildman–Crippen LogP) is 2.14. The Hall–Kier alpha value is -1.36. The fourth-order valence-electron chi connectivity index (χ4n) is 1.38. The lowest BCUT2D eigenvalue weighted by atomic mass is 10.3. The Bertz CT molecular complexity index is 455. The lowest BCUT2D eigenvalue weighted by Gasteiger charge is -2.02. The molecule has 74 valence electrons. The van der Waals surface area contributed by atoms with E-state index in [1.54, 1.807) is 6.26 Å². The SMILES string of the molecule is CCc1c[nH]c(=S)n1Cc1ccon1. The standard InChI is InChI=1S/C9H11N3OS/c1-2-8-5-10-9(14)12(8)6-7-3-4-13-11-7/h3-5H,2,6H2,1H3,(H,10,14). The third-order valence-corrected chi connectivity index (χ3v) is 2.47. The highest BCUT2D eigenvalue weighted by Crippen LogP contribution is 2.06. The molecular weight excluding hydrogens is 198 g/mol. The maximum atomic E-state index is 5.16. The van der Waals surface area contributed by atoms with Crippen molar-refractivity contribution >= 4 is 12.2 Å². The van der Waals surface area contributed by atoms with Gasteiger partial charge in [-0.25, -0.2) is 0 Å². The van der Waals surface area contributed by atoms with E-state index in [2.05, 4.69) is 17.1 Å². The molecule has 0 bridgehead atoms. The number of nitrogens with zero attached hydrogens (tertiary/aromatic N) is 2. The van der Waals surface area contributed by atoms with E-state index in [1.165, 1.54) is 5.69 Å². The number of hydrogen-bond acceptors (Lipinski definition) is 3. The molecule has 2 aromatic rings. The molecule has 0 aromatic carbocycles. The molecule has 0 aliphatic rings. The van der Waals surface area contributed by atoms with Gasteiger partial charge in [0, 0.05) is 18.0 Å². The number of aromatic nitrogens is 3. The van der Waals surface area contributed by atoms with Gasteiger partial charge in [0.25, 0.3) is 0 Å². The van der Waals surface area contributed by atoms with E-state index in [-0.39, 0.29) is 0 Å². The monoisotopic (exact) mass is 209 g/mol. The first-order chi connectivity index (χ1) is 6.81. The van der Waals surface area contributed by atoms with E-state index < -0.39 is 0 Å². The second-order valence-corrected chi connectivity index (χ2v) is 3.40. The zero-order chi connectivity index (χ0) is 9.97. The highest BCUT2D eigenvalue weighted by atomic mass is 32.1. The van der Waals surface area contributed by atoms with E-state index in [1.807, 2.05) is 16.8 Å². The van der Waals surface area contributed by atoms with Crippen LogP contribution in [-0.2, 0) is 13.0 Å². The van der Waals surface area contributed by atoms with Gasteiger partial charge in [-0.2, -0.15) is 0 Å². The van der Waals surface area contributed by atoms with E-state index in [0.717, 1.165) is 16.9 Å². The number of H-pyrrole nitrogens is 1. The van der Waals surface area contributed by atoms with Crippen LogP contribution in [0.1, 0.15) is 18.3 Å². The van der Waals surface area contributed by atoms with Gasteiger partial charge < -0.3 is 14.1 Å². The molecular formula is C9H11N3OS. The quantitative estimate of drug-likeness (QED) is 0.788. The Kier molecular flexibility index (Phi) is 2.49. The van der Waals surface area contributed by atoms with Gasteiger partial charge in [-0.1, -0.05) is 12.1 Å². The molecule has 0 radical (unpaired) electrons. The summed E-state index contributed by atoms with van der Waals surface area (Å²) in [6.07, 6.45) is 4.45. The highest BCUT2D eigenvalue weighted by Gasteiger charge is 2.04. The molecule has 0 amide bonds. The molecule has 2 heterocycles. The van der Waals surface area contributed by atoms with Crippen molar-refractivity contribution in [3.8, 4) is 0 Å². The van der Waals surface area contributed by atoms with Crippen LogP contribution in [0.2, 0.25) is 0 Å². The molecule has 0 aliphatic carbocycles. The molecule has 14 heavy (non-hydrogen) atoms. The van der Waals surface area contributed by atoms with E-state index in [4.69, 9.17) is 16.7 Å². The Morgan fingerprint density at radius 1 is 1.64 bits per heavy atom. The third-order valence-electron chi connectivity index (χ3n) is 2.13. The van der Waals surface area contributed by atoms with Gasteiger partial charge in [0.05, 0.1) is 6.54 Å². The maximum absolute atomic E-state index is 5.16. The van der Waals surface area contributed by atoms with Crippen LogP contribution < -0.4 is 0 Å². The molecule has 0 saturated heterocycles. The average molecular weight is 209 g/mol. The van der Waals surface area contributed by atoms with Gasteiger partial charge in [-0.15, -0.1) is 0 Å². The third kappa shape index (κ3) is 1.63. The summed E-state index contributed by atoms with van der Waals surface area (Å²) in [5, 5.41) is 3.85. The lowest BCUT2D eigenvalue weighted by molar-refractivity contribution is 0.409. The van der Waals surface area contributed by atoms with Crippen molar-refractivity contribution in [2.45, 2.75) is 19.9 Å². The van der Waals surface area contributed by atoms with Gasteiger partial charge in [0.1, 0.15) is 12.0 Å². The number of aromatic amines is 1. The van der Waals surface area contributed by atoms with Crippen molar-refractivity contribution < 1.29 is 4.52 Å². The molecule has 0 fully saturated rings. The lowest BCUT2D eigenvalue weighted by Crippen LogP contribution is -2.03. The molecule has 4 nitrogen and oxygen atoms in total. The van der Waals surface area contributed by atoms with Crippen LogP contribution in [0.5, 0.6) is 0 Å². The number of imidazole rings is 1. The Morgan fingerprint density at radius 2 is 2.50 bits per heavy atom. The van der Waals surface area contributed by atoms with Crippen molar-refractivity contribution in [3.63, 3.8) is 0 Å². The summed E-state index contributed by atoms with van der Waals surface area (Å²) < 4.78 is 7.52. The minimum atomic E-state index is 0.669. The topological polar surface area (TPSA) is 46.8 Å². The van der Waals surface area contributed by atoms with Crippen molar-refractivity contribution in [2.24, 2.45) is 0 Å². The number of nitrogens with one attached hydrogen (secondary N) is 1. The van der Waals surface area contributed by atoms with Crippen LogP contribution >= 0.6 is 12.2 Å². The normalized spacial score (nSPS) is 10.6. The molecule has 0 atom stereocenters. The van der Waals surface area contributed by atoms with E-state index in [9.17, 15) is 0 Å². The van der Waals surface area contributed by atoms with Gasteiger partial charge in [0.15, 0.2) is 4.77 Å². The first-order valence-electron chi connectivity index (χ1n) is 4.47. The zero-order valence-electron chi connectivity index (χ0n) is 7.86. The van der Waals surface area contributed by atoms with Gasteiger partial charge in [-0.05, 0) is 18.6 Å². The number of hydrogen-bond donors (Lipinski definition) is 1. The van der Waals surface area contributed by atoms with Crippen LogP contribution in [0.4, 0.5) is 0 Å². The number of aryl methyl sites for hydroxylation is 1. The van der Waals surface area contributed by atoms with Crippen LogP contribution in [0, 0.1) is 4.77 Å². The molecule has 2 rings (SSSR count). The summed E-state index contributed by atoms with van der Waals surface area (Å²) in [6.45, 7) is 2.76. The summed E-state index contributed by atoms with van der Waals surface area (Å²) in [4.78, 5) is 3.02. The molecule has 0 saturated carbocycles. The van der Waals surface area contributed by atoms with Gasteiger partial charge in [0.2, 0.25) is 0 Å². The molecule has 0 aliphatic heterocycles. The van der Waals surface area contributed by atoms with Crippen LogP contribution in [0.25, 0.3) is 0 Å². The van der Waals surface area contributed by atoms with Gasteiger partial charge in [-0.3, -0.25) is 0 Å². The second kappa shape index (κ2) is 3.79. The van der Waals surface area contributed by atoms with Crippen molar-refractivity contribution in [1.29, 1.82) is 0 Å². The zero-order valence-corrected chi connectivity index (χ0v) is 8.67. The largest absolute Gasteiger partial charge is 0.364 e. The van der Waals surface area contributed by atoms with Crippen LogP contribution in [0.3, 0.4) is 0 Å². The van der Waals surface area contributed by atoms with Crippen molar-refractivity contribution in [3.05, 3.63) is 34.7 Å². The maximum Gasteiger partial charge on any atom is 0.177 e. The summed E-state index contributed by atoms with van der Waals surface area (Å²) in [5.74, 6) is 0. The van der Waals surface area contributed by atoms with Crippen molar-refractivity contribution in [2.75, 3.05) is 0 Å². The van der Waals surface area contributed by atoms with E-state index >= 15 is 0 Å². The van der Waals surface area contributed by atoms with Gasteiger partial charge >= 0.3 is 0 Å². The second-order valence-electron chi connectivity index (χ2n) is 3.02. The van der Waals surface area contributed by atoms with Crippen LogP contribution in [0.15, 0.2) is 23.0 Å². The van der Waals surface area contributed by atoms with Crippen LogP contribution in [-0.4, -0.2) is 14.7 Å². The Labute approximate surface area is 86.5 Å². The average Bonchev–Trinajstić information content (AvgIpc) is 2.79. The smallest absolute Gasteiger partial charge is 0.177 e. The Morgan fingerprint density at radius 3 is 3.14 bits per heavy atom. The predicted molar refractivity (Wildman–Crippen MR) is 54.6 cm³/mol. The Balaban J connectivity index is 2.32. The first-order valence-corrected chi connectivity index (χ1v) is 4.88. The summed E-state index contributed by atoms with van der Waals surface area (Å²) in [5.41, 5.74) is 2.06. The van der Waals surface area contributed by atoms with Crippen molar-refractivity contribution in [1.82, 2.24) is 14.7 Å². The minimum absolute atomic E-state index is 0.669. The summed E-state index contributed by atoms with van der Waals surface area (Å²) >= 11 is 5.16. The summed E-state index contributed by atoms with van der Waals surface area (Å²) in [7, 11) is 0. The highest BCUT2D eigenvalue weighted by molar-refractivity contribution is 7.71. The molecule has 1 N–H and O–H groups in total. The molecule has 0 unspecified atom stereocenters. The fraction of sp³-hybridized carbons (Fsp3) is 0.333.